The summed E-state index contributed by atoms with van der Waals surface area (Å²) in [6.07, 6.45) is 5.60. The molecular weight excluding hydrogens is 556 g/mol. The van der Waals surface area contributed by atoms with Crippen molar-refractivity contribution in [1.82, 2.24) is 9.13 Å². The average molecular weight is 593 g/mol. The standard InChI is InChI=1S/C39H36N4O2/c1-5-6-19-43-33-18-12-8-14-29(33)37-25(3)39(45)27(21-35(37)43)23-41-31-16-10-9-15-30(31)40-22-26-20-34-36(24(2)38(26)44)28-13-7-11-17-32(28)42(34)4/h7-18,20-23,44-45H,5-6,19H2,1-4H3. The van der Waals surface area contributed by atoms with Gasteiger partial charge in [-0.15, -0.1) is 0 Å². The average Bonchev–Trinajstić information content (AvgIpc) is 3.53. The zero-order chi connectivity index (χ0) is 31.2. The van der Waals surface area contributed by atoms with E-state index in [9.17, 15) is 10.2 Å². The van der Waals surface area contributed by atoms with Gasteiger partial charge < -0.3 is 19.3 Å². The van der Waals surface area contributed by atoms with Crippen molar-refractivity contribution in [2.75, 3.05) is 0 Å². The molecule has 5 aromatic carbocycles. The van der Waals surface area contributed by atoms with E-state index >= 15 is 0 Å². The van der Waals surface area contributed by atoms with E-state index in [0.29, 0.717) is 22.5 Å². The summed E-state index contributed by atoms with van der Waals surface area (Å²) in [6.45, 7) is 7.04. The maximum Gasteiger partial charge on any atom is 0.128 e. The molecule has 6 heteroatoms. The number of rotatable bonds is 7. The summed E-state index contributed by atoms with van der Waals surface area (Å²) in [7, 11) is 2.05. The van der Waals surface area contributed by atoms with Crippen molar-refractivity contribution in [2.24, 2.45) is 17.0 Å². The number of aromatic nitrogens is 2. The van der Waals surface area contributed by atoms with E-state index in [0.717, 1.165) is 68.6 Å². The van der Waals surface area contributed by atoms with Gasteiger partial charge in [0.25, 0.3) is 0 Å². The van der Waals surface area contributed by atoms with Gasteiger partial charge in [-0.3, -0.25) is 9.98 Å². The maximum atomic E-state index is 11.3. The smallest absolute Gasteiger partial charge is 0.128 e. The molecule has 0 fully saturated rings. The largest absolute Gasteiger partial charge is 0.507 e. The second-order valence-electron chi connectivity index (χ2n) is 11.8. The van der Waals surface area contributed by atoms with E-state index in [-0.39, 0.29) is 11.5 Å². The molecule has 0 aliphatic carbocycles. The molecule has 0 spiro atoms. The molecule has 0 aliphatic heterocycles. The third-order valence-electron chi connectivity index (χ3n) is 9.06. The lowest BCUT2D eigenvalue weighted by Crippen LogP contribution is -1.98. The quantitative estimate of drug-likeness (QED) is 0.181. The van der Waals surface area contributed by atoms with Crippen LogP contribution >= 0.6 is 0 Å². The summed E-state index contributed by atoms with van der Waals surface area (Å²) in [5, 5.41) is 26.9. The monoisotopic (exact) mass is 592 g/mol. The van der Waals surface area contributed by atoms with Gasteiger partial charge in [0.15, 0.2) is 0 Å². The van der Waals surface area contributed by atoms with Crippen LogP contribution in [-0.4, -0.2) is 31.8 Å². The minimum Gasteiger partial charge on any atom is -0.507 e. The Bertz CT molecular complexity index is 2320. The van der Waals surface area contributed by atoms with Crippen LogP contribution in [0.15, 0.2) is 94.9 Å². The lowest BCUT2D eigenvalue weighted by atomic mass is 10.0. The number of hydrogen-bond donors (Lipinski definition) is 2. The molecule has 0 saturated carbocycles. The van der Waals surface area contributed by atoms with Crippen LogP contribution in [0.2, 0.25) is 0 Å². The number of benzene rings is 5. The lowest BCUT2D eigenvalue weighted by Gasteiger charge is -2.10. The van der Waals surface area contributed by atoms with Crippen LogP contribution in [0, 0.1) is 13.8 Å². The molecule has 7 rings (SSSR count). The summed E-state index contributed by atoms with van der Waals surface area (Å²) in [4.78, 5) is 9.57. The fraction of sp³-hybridized carbons (Fsp3) is 0.179. The minimum atomic E-state index is 0.218. The molecule has 45 heavy (non-hydrogen) atoms. The zero-order valence-corrected chi connectivity index (χ0v) is 26.0. The Morgan fingerprint density at radius 1 is 0.644 bits per heavy atom. The number of nitrogens with zero attached hydrogens (tertiary/aromatic N) is 4. The second-order valence-corrected chi connectivity index (χ2v) is 11.8. The number of hydrogen-bond acceptors (Lipinski definition) is 4. The molecule has 0 atom stereocenters. The van der Waals surface area contributed by atoms with Crippen molar-refractivity contribution in [3.8, 4) is 11.5 Å². The first-order valence-corrected chi connectivity index (χ1v) is 15.5. The predicted molar refractivity (Wildman–Crippen MR) is 189 cm³/mol. The summed E-state index contributed by atoms with van der Waals surface area (Å²) in [5.74, 6) is 0.449. The van der Waals surface area contributed by atoms with Gasteiger partial charge in [-0.25, -0.2) is 0 Å². The van der Waals surface area contributed by atoms with E-state index in [1.165, 1.54) is 5.52 Å². The fourth-order valence-electron chi connectivity index (χ4n) is 6.66. The molecule has 0 radical (unpaired) electrons. The van der Waals surface area contributed by atoms with Gasteiger partial charge in [-0.1, -0.05) is 61.9 Å². The molecule has 224 valence electrons. The van der Waals surface area contributed by atoms with Crippen molar-refractivity contribution in [3.63, 3.8) is 0 Å². The van der Waals surface area contributed by atoms with Gasteiger partial charge in [0, 0.05) is 80.9 Å². The van der Waals surface area contributed by atoms with Gasteiger partial charge >= 0.3 is 0 Å². The summed E-state index contributed by atoms with van der Waals surface area (Å²) in [6, 6.07) is 28.3. The molecule has 0 unspecified atom stereocenters. The van der Waals surface area contributed by atoms with Crippen LogP contribution in [-0.2, 0) is 13.6 Å². The minimum absolute atomic E-state index is 0.218. The van der Waals surface area contributed by atoms with Gasteiger partial charge in [0.2, 0.25) is 0 Å². The van der Waals surface area contributed by atoms with Crippen LogP contribution in [0.1, 0.15) is 42.0 Å². The lowest BCUT2D eigenvalue weighted by molar-refractivity contribution is 0.471. The molecule has 7 aromatic rings. The Morgan fingerprint density at radius 2 is 1.13 bits per heavy atom. The van der Waals surface area contributed by atoms with Crippen LogP contribution in [0.4, 0.5) is 11.4 Å². The third kappa shape index (κ3) is 4.65. The Hall–Kier alpha value is -5.36. The number of aryl methyl sites for hydroxylation is 4. The number of aromatic hydroxyl groups is 2. The van der Waals surface area contributed by atoms with Crippen LogP contribution < -0.4 is 0 Å². The Balaban J connectivity index is 1.28. The summed E-state index contributed by atoms with van der Waals surface area (Å²) in [5.41, 5.74) is 8.74. The van der Waals surface area contributed by atoms with E-state index in [4.69, 9.17) is 9.98 Å². The van der Waals surface area contributed by atoms with Crippen LogP contribution in [0.25, 0.3) is 43.6 Å². The van der Waals surface area contributed by atoms with Gasteiger partial charge in [0.05, 0.1) is 22.4 Å². The Labute approximate surface area is 262 Å². The van der Waals surface area contributed by atoms with Crippen molar-refractivity contribution >= 4 is 67.4 Å². The number of para-hydroxylation sites is 4. The highest BCUT2D eigenvalue weighted by atomic mass is 16.3. The second kappa shape index (κ2) is 11.3. The SMILES string of the molecule is CCCCn1c2ccccc2c2c(C)c(O)c(C=Nc3ccccc3N=Cc3cc4c(c(C)c3O)c3ccccc3n4C)cc21. The van der Waals surface area contributed by atoms with Gasteiger partial charge in [0.1, 0.15) is 11.5 Å². The molecule has 0 aliphatic rings. The molecule has 2 heterocycles. The first-order chi connectivity index (χ1) is 21.9. The maximum absolute atomic E-state index is 11.3. The Morgan fingerprint density at radius 3 is 1.73 bits per heavy atom. The molecule has 0 saturated heterocycles. The molecule has 0 amide bonds. The first kappa shape index (κ1) is 28.4. The molecule has 2 N–H and O–H groups in total. The number of phenolic OH excluding ortho intramolecular Hbond substituents is 2. The van der Waals surface area contributed by atoms with E-state index in [1.54, 1.807) is 12.4 Å². The molecule has 0 bridgehead atoms. The summed E-state index contributed by atoms with van der Waals surface area (Å²) >= 11 is 0. The number of fused-ring (bicyclic) bond motifs is 6. The highest BCUT2D eigenvalue weighted by Crippen LogP contribution is 2.39. The van der Waals surface area contributed by atoms with E-state index in [2.05, 4.69) is 52.5 Å². The highest BCUT2D eigenvalue weighted by molar-refractivity contribution is 6.13. The molecule has 6 nitrogen and oxygen atoms in total. The Kier molecular flexibility index (Phi) is 7.13. The highest BCUT2D eigenvalue weighted by Gasteiger charge is 2.18. The number of aliphatic imine (C=N–C) groups is 2. The number of unbranched alkanes of at least 4 members (excludes halogenated alkanes) is 1. The van der Waals surface area contributed by atoms with Crippen LogP contribution in [0.3, 0.4) is 0 Å². The molecular formula is C39H36N4O2. The van der Waals surface area contributed by atoms with Crippen LogP contribution in [0.5, 0.6) is 11.5 Å². The normalized spacial score (nSPS) is 12.3. The van der Waals surface area contributed by atoms with Crippen molar-refractivity contribution < 1.29 is 10.2 Å². The topological polar surface area (TPSA) is 75.0 Å². The zero-order valence-electron chi connectivity index (χ0n) is 26.0. The van der Waals surface area contributed by atoms with Crippen molar-refractivity contribution in [3.05, 3.63) is 107 Å². The van der Waals surface area contributed by atoms with Gasteiger partial charge in [-0.05, 0) is 56.7 Å². The van der Waals surface area contributed by atoms with Crippen molar-refractivity contribution in [2.45, 2.75) is 40.2 Å². The van der Waals surface area contributed by atoms with Gasteiger partial charge in [-0.2, -0.15) is 0 Å². The van der Waals surface area contributed by atoms with Crippen molar-refractivity contribution in [1.29, 1.82) is 0 Å². The molecule has 2 aromatic heterocycles. The number of phenols is 2. The third-order valence-corrected chi connectivity index (χ3v) is 9.06. The summed E-state index contributed by atoms with van der Waals surface area (Å²) < 4.78 is 4.51. The fourth-order valence-corrected chi connectivity index (χ4v) is 6.66. The predicted octanol–water partition coefficient (Wildman–Crippen LogP) is 9.77. The first-order valence-electron chi connectivity index (χ1n) is 15.5. The van der Waals surface area contributed by atoms with E-state index < -0.39 is 0 Å². The van der Waals surface area contributed by atoms with E-state index in [1.807, 2.05) is 69.4 Å².